The highest BCUT2D eigenvalue weighted by Gasteiger charge is 2.04. The SMILES string of the molecule is Cc1cccc(-c2cscn2)c1N. The Hall–Kier alpha value is -1.35. The summed E-state index contributed by atoms with van der Waals surface area (Å²) in [5.41, 5.74) is 11.7. The molecule has 0 radical (unpaired) electrons. The number of thiazole rings is 1. The molecule has 3 heteroatoms. The Morgan fingerprint density at radius 3 is 2.92 bits per heavy atom. The number of hydrogen-bond acceptors (Lipinski definition) is 3. The van der Waals surface area contributed by atoms with Crippen molar-refractivity contribution in [1.82, 2.24) is 4.98 Å². The summed E-state index contributed by atoms with van der Waals surface area (Å²) in [5.74, 6) is 0. The summed E-state index contributed by atoms with van der Waals surface area (Å²) >= 11 is 1.58. The number of benzene rings is 1. The summed E-state index contributed by atoms with van der Waals surface area (Å²) < 4.78 is 0. The number of nitrogens with two attached hydrogens (primary N) is 1. The van der Waals surface area contributed by atoms with Crippen LogP contribution >= 0.6 is 11.3 Å². The van der Waals surface area contributed by atoms with Crippen LogP contribution in [0.3, 0.4) is 0 Å². The molecule has 0 aliphatic rings. The lowest BCUT2D eigenvalue weighted by Crippen LogP contribution is -1.92. The van der Waals surface area contributed by atoms with Crippen molar-refractivity contribution >= 4 is 17.0 Å². The zero-order valence-corrected chi connectivity index (χ0v) is 8.14. The van der Waals surface area contributed by atoms with E-state index >= 15 is 0 Å². The van der Waals surface area contributed by atoms with Gasteiger partial charge in [-0.05, 0) is 12.5 Å². The zero-order chi connectivity index (χ0) is 9.26. The number of aryl methyl sites for hydroxylation is 1. The van der Waals surface area contributed by atoms with Gasteiger partial charge in [-0.15, -0.1) is 11.3 Å². The lowest BCUT2D eigenvalue weighted by Gasteiger charge is -2.04. The Morgan fingerprint density at radius 1 is 1.38 bits per heavy atom. The fourth-order valence-corrected chi connectivity index (χ4v) is 1.80. The first-order valence-corrected chi connectivity index (χ1v) is 4.97. The van der Waals surface area contributed by atoms with Gasteiger partial charge in [0, 0.05) is 16.6 Å². The summed E-state index contributed by atoms with van der Waals surface area (Å²) in [6.07, 6.45) is 0. The molecule has 2 nitrogen and oxygen atoms in total. The molecule has 2 aromatic rings. The second kappa shape index (κ2) is 3.18. The summed E-state index contributed by atoms with van der Waals surface area (Å²) in [5, 5.41) is 2.01. The van der Waals surface area contributed by atoms with Crippen LogP contribution in [0.15, 0.2) is 29.1 Å². The van der Waals surface area contributed by atoms with E-state index < -0.39 is 0 Å². The Kier molecular flexibility index (Phi) is 2.02. The van der Waals surface area contributed by atoms with Gasteiger partial charge in [0.1, 0.15) is 0 Å². The molecule has 0 saturated carbocycles. The van der Waals surface area contributed by atoms with E-state index in [9.17, 15) is 0 Å². The number of aromatic nitrogens is 1. The number of nitrogens with zero attached hydrogens (tertiary/aromatic N) is 1. The highest BCUT2D eigenvalue weighted by atomic mass is 32.1. The van der Waals surface area contributed by atoms with Gasteiger partial charge >= 0.3 is 0 Å². The van der Waals surface area contributed by atoms with E-state index in [0.29, 0.717) is 0 Å². The molecule has 0 aliphatic carbocycles. The van der Waals surface area contributed by atoms with Crippen LogP contribution in [0.5, 0.6) is 0 Å². The number of anilines is 1. The van der Waals surface area contributed by atoms with Crippen LogP contribution in [-0.2, 0) is 0 Å². The van der Waals surface area contributed by atoms with Crippen molar-refractivity contribution in [2.75, 3.05) is 5.73 Å². The molecule has 0 aliphatic heterocycles. The monoisotopic (exact) mass is 190 g/mol. The van der Waals surface area contributed by atoms with Crippen molar-refractivity contribution in [3.8, 4) is 11.3 Å². The topological polar surface area (TPSA) is 38.9 Å². The van der Waals surface area contributed by atoms with Gasteiger partial charge in [0.15, 0.2) is 0 Å². The van der Waals surface area contributed by atoms with Crippen molar-refractivity contribution < 1.29 is 0 Å². The second-order valence-corrected chi connectivity index (χ2v) is 3.63. The maximum absolute atomic E-state index is 5.94. The normalized spacial score (nSPS) is 10.2. The molecular formula is C10H10N2S. The van der Waals surface area contributed by atoms with E-state index in [2.05, 4.69) is 4.98 Å². The van der Waals surface area contributed by atoms with E-state index in [1.165, 1.54) is 0 Å². The molecule has 0 unspecified atom stereocenters. The Labute approximate surface area is 81.1 Å². The lowest BCUT2D eigenvalue weighted by molar-refractivity contribution is 1.39. The molecule has 0 spiro atoms. The third-order valence-corrected chi connectivity index (χ3v) is 2.62. The maximum Gasteiger partial charge on any atom is 0.0831 e. The van der Waals surface area contributed by atoms with E-state index in [-0.39, 0.29) is 0 Å². The third-order valence-electron chi connectivity index (χ3n) is 2.03. The number of nitrogen functional groups attached to an aromatic ring is 1. The Morgan fingerprint density at radius 2 is 2.23 bits per heavy atom. The Balaban J connectivity index is 2.59. The molecule has 0 bridgehead atoms. The van der Waals surface area contributed by atoms with Gasteiger partial charge in [-0.2, -0.15) is 0 Å². The van der Waals surface area contributed by atoms with Gasteiger partial charge in [-0.1, -0.05) is 18.2 Å². The molecule has 1 aromatic carbocycles. The van der Waals surface area contributed by atoms with Gasteiger partial charge in [0.2, 0.25) is 0 Å². The van der Waals surface area contributed by atoms with Crippen LogP contribution < -0.4 is 5.73 Å². The fraction of sp³-hybridized carbons (Fsp3) is 0.100. The number of hydrogen-bond donors (Lipinski definition) is 1. The minimum atomic E-state index is 0.827. The minimum Gasteiger partial charge on any atom is -0.398 e. The number of para-hydroxylation sites is 1. The molecule has 0 fully saturated rings. The minimum absolute atomic E-state index is 0.827. The lowest BCUT2D eigenvalue weighted by atomic mass is 10.1. The molecule has 2 rings (SSSR count). The predicted molar refractivity (Wildman–Crippen MR) is 56.7 cm³/mol. The second-order valence-electron chi connectivity index (χ2n) is 2.91. The first-order chi connectivity index (χ1) is 6.29. The van der Waals surface area contributed by atoms with Crippen molar-refractivity contribution in [3.63, 3.8) is 0 Å². The molecule has 0 saturated heterocycles. The van der Waals surface area contributed by atoms with Crippen LogP contribution in [0.4, 0.5) is 5.69 Å². The van der Waals surface area contributed by atoms with Crippen molar-refractivity contribution in [2.45, 2.75) is 6.92 Å². The van der Waals surface area contributed by atoms with Crippen molar-refractivity contribution in [2.24, 2.45) is 0 Å². The molecule has 0 amide bonds. The molecule has 66 valence electrons. The fourth-order valence-electron chi connectivity index (χ4n) is 1.25. The summed E-state index contributed by atoms with van der Waals surface area (Å²) in [4.78, 5) is 4.23. The van der Waals surface area contributed by atoms with Crippen LogP contribution in [0.2, 0.25) is 0 Å². The molecule has 2 N–H and O–H groups in total. The number of rotatable bonds is 1. The van der Waals surface area contributed by atoms with E-state index in [4.69, 9.17) is 5.73 Å². The Bertz CT molecular complexity index is 407. The average Bonchev–Trinajstić information content (AvgIpc) is 2.62. The highest BCUT2D eigenvalue weighted by Crippen LogP contribution is 2.27. The zero-order valence-electron chi connectivity index (χ0n) is 7.32. The van der Waals surface area contributed by atoms with Gasteiger partial charge in [-0.3, -0.25) is 0 Å². The summed E-state index contributed by atoms with van der Waals surface area (Å²) in [6.45, 7) is 2.01. The largest absolute Gasteiger partial charge is 0.398 e. The first kappa shape index (κ1) is 8.26. The summed E-state index contributed by atoms with van der Waals surface area (Å²) in [7, 11) is 0. The standard InChI is InChI=1S/C10H10N2S/c1-7-3-2-4-8(10(7)11)9-5-13-6-12-9/h2-6H,11H2,1H3. The smallest absolute Gasteiger partial charge is 0.0831 e. The van der Waals surface area contributed by atoms with Gasteiger partial charge in [0.05, 0.1) is 11.2 Å². The molecular weight excluding hydrogens is 180 g/mol. The van der Waals surface area contributed by atoms with Crippen LogP contribution in [0.1, 0.15) is 5.56 Å². The average molecular weight is 190 g/mol. The van der Waals surface area contributed by atoms with Crippen LogP contribution in [-0.4, -0.2) is 4.98 Å². The first-order valence-electron chi connectivity index (χ1n) is 4.02. The van der Waals surface area contributed by atoms with Crippen molar-refractivity contribution in [1.29, 1.82) is 0 Å². The van der Waals surface area contributed by atoms with Gasteiger partial charge in [0.25, 0.3) is 0 Å². The van der Waals surface area contributed by atoms with E-state index in [1.54, 1.807) is 11.3 Å². The van der Waals surface area contributed by atoms with Gasteiger partial charge in [-0.25, -0.2) is 4.98 Å². The highest BCUT2D eigenvalue weighted by molar-refractivity contribution is 7.07. The molecule has 1 aromatic heterocycles. The molecule has 0 atom stereocenters. The quantitative estimate of drug-likeness (QED) is 0.702. The molecule has 13 heavy (non-hydrogen) atoms. The van der Waals surface area contributed by atoms with Gasteiger partial charge < -0.3 is 5.73 Å². The summed E-state index contributed by atoms with van der Waals surface area (Å²) in [6, 6.07) is 6.00. The molecule has 1 heterocycles. The predicted octanol–water partition coefficient (Wildman–Crippen LogP) is 2.70. The third kappa shape index (κ3) is 1.42. The maximum atomic E-state index is 5.94. The van der Waals surface area contributed by atoms with Crippen LogP contribution in [0.25, 0.3) is 11.3 Å². The van der Waals surface area contributed by atoms with Crippen molar-refractivity contribution in [3.05, 3.63) is 34.7 Å². The van der Waals surface area contributed by atoms with E-state index in [1.807, 2.05) is 36.0 Å². The van der Waals surface area contributed by atoms with E-state index in [0.717, 1.165) is 22.5 Å². The van der Waals surface area contributed by atoms with Crippen LogP contribution in [0, 0.1) is 6.92 Å².